The molecule has 0 aromatic carbocycles. The maximum atomic E-state index is 5.55. The van der Waals surface area contributed by atoms with E-state index in [-0.39, 0.29) is 0 Å². The average molecular weight is 269 g/mol. The zero-order valence-electron chi connectivity index (χ0n) is 10.5. The molecule has 4 aromatic heterocycles. The van der Waals surface area contributed by atoms with E-state index in [0.29, 0.717) is 0 Å². The van der Waals surface area contributed by atoms with Crippen molar-refractivity contribution in [1.29, 1.82) is 0 Å². The third-order valence-corrected chi connectivity index (χ3v) is 4.42. The predicted molar refractivity (Wildman–Crippen MR) is 76.4 cm³/mol. The fourth-order valence-electron chi connectivity index (χ4n) is 2.38. The Balaban J connectivity index is 2.22. The standard InChI is InChI=1S/C14H11N3OS/c1-7-6-9(10-4-3-5-18-10)11-12-13(8(2)16-17-12)19-14(11)15-7/h3-6H,1-2H3,(H,16,17). The predicted octanol–water partition coefficient (Wildman–Crippen LogP) is 4.05. The lowest BCUT2D eigenvalue weighted by Gasteiger charge is -2.01. The molecule has 0 aliphatic rings. The Morgan fingerprint density at radius 2 is 2.21 bits per heavy atom. The number of aryl methyl sites for hydroxylation is 2. The Hall–Kier alpha value is -2.14. The number of aromatic nitrogens is 3. The highest BCUT2D eigenvalue weighted by Gasteiger charge is 2.17. The summed E-state index contributed by atoms with van der Waals surface area (Å²) in [4.78, 5) is 5.63. The molecule has 0 aliphatic heterocycles. The van der Waals surface area contributed by atoms with E-state index in [4.69, 9.17) is 4.42 Å². The van der Waals surface area contributed by atoms with Crippen LogP contribution < -0.4 is 0 Å². The van der Waals surface area contributed by atoms with Gasteiger partial charge in [-0.15, -0.1) is 11.3 Å². The van der Waals surface area contributed by atoms with Crippen molar-refractivity contribution in [2.75, 3.05) is 0 Å². The van der Waals surface area contributed by atoms with Crippen LogP contribution in [0.25, 0.3) is 31.8 Å². The largest absolute Gasteiger partial charge is 0.464 e. The van der Waals surface area contributed by atoms with Crippen molar-refractivity contribution in [3.8, 4) is 11.3 Å². The van der Waals surface area contributed by atoms with Gasteiger partial charge >= 0.3 is 0 Å². The highest BCUT2D eigenvalue weighted by Crippen LogP contribution is 2.39. The summed E-state index contributed by atoms with van der Waals surface area (Å²) in [5.41, 5.74) is 4.12. The van der Waals surface area contributed by atoms with Gasteiger partial charge in [-0.1, -0.05) is 0 Å². The molecule has 0 radical (unpaired) electrons. The van der Waals surface area contributed by atoms with Crippen LogP contribution in [0.15, 0.2) is 28.9 Å². The maximum Gasteiger partial charge on any atom is 0.134 e. The van der Waals surface area contributed by atoms with Gasteiger partial charge in [0.25, 0.3) is 0 Å². The van der Waals surface area contributed by atoms with Crippen molar-refractivity contribution in [3.05, 3.63) is 35.9 Å². The van der Waals surface area contributed by atoms with Crippen molar-refractivity contribution in [2.24, 2.45) is 0 Å². The molecular formula is C14H11N3OS. The molecule has 0 bridgehead atoms. The number of aromatic amines is 1. The second kappa shape index (κ2) is 3.68. The number of rotatable bonds is 1. The molecule has 1 N–H and O–H groups in total. The number of H-pyrrole nitrogens is 1. The highest BCUT2D eigenvalue weighted by atomic mass is 32.1. The molecule has 0 fully saturated rings. The van der Waals surface area contributed by atoms with Crippen LogP contribution in [0.5, 0.6) is 0 Å². The summed E-state index contributed by atoms with van der Waals surface area (Å²) < 4.78 is 6.71. The fourth-order valence-corrected chi connectivity index (χ4v) is 3.52. The monoisotopic (exact) mass is 269 g/mol. The normalized spacial score (nSPS) is 11.7. The summed E-state index contributed by atoms with van der Waals surface area (Å²) in [7, 11) is 0. The van der Waals surface area contributed by atoms with E-state index in [1.165, 1.54) is 4.70 Å². The summed E-state index contributed by atoms with van der Waals surface area (Å²) in [5.74, 6) is 0.857. The Morgan fingerprint density at radius 1 is 1.32 bits per heavy atom. The van der Waals surface area contributed by atoms with E-state index in [1.807, 2.05) is 26.0 Å². The van der Waals surface area contributed by atoms with Gasteiger partial charge in [0.15, 0.2) is 0 Å². The molecule has 0 spiro atoms. The van der Waals surface area contributed by atoms with E-state index in [9.17, 15) is 0 Å². The molecule has 19 heavy (non-hydrogen) atoms. The molecule has 94 valence electrons. The van der Waals surface area contributed by atoms with Crippen LogP contribution in [0, 0.1) is 13.8 Å². The third-order valence-electron chi connectivity index (χ3n) is 3.23. The fraction of sp³-hybridized carbons (Fsp3) is 0.143. The van der Waals surface area contributed by atoms with Gasteiger partial charge in [0.05, 0.1) is 22.0 Å². The van der Waals surface area contributed by atoms with Crippen molar-refractivity contribution in [2.45, 2.75) is 13.8 Å². The molecule has 4 rings (SSSR count). The van der Waals surface area contributed by atoms with E-state index in [1.54, 1.807) is 17.6 Å². The van der Waals surface area contributed by atoms with Gasteiger partial charge in [-0.3, -0.25) is 5.10 Å². The van der Waals surface area contributed by atoms with E-state index in [2.05, 4.69) is 21.2 Å². The van der Waals surface area contributed by atoms with Gasteiger partial charge in [0.1, 0.15) is 16.1 Å². The van der Waals surface area contributed by atoms with Crippen LogP contribution in [0.1, 0.15) is 11.4 Å². The Labute approximate surface area is 113 Å². The van der Waals surface area contributed by atoms with E-state index >= 15 is 0 Å². The zero-order chi connectivity index (χ0) is 13.0. The molecular weight excluding hydrogens is 258 g/mol. The van der Waals surface area contributed by atoms with Crippen molar-refractivity contribution < 1.29 is 4.42 Å². The molecule has 4 nitrogen and oxygen atoms in total. The summed E-state index contributed by atoms with van der Waals surface area (Å²) >= 11 is 1.67. The molecule has 4 aromatic rings. The van der Waals surface area contributed by atoms with Gasteiger partial charge in [-0.2, -0.15) is 5.10 Å². The molecule has 0 saturated carbocycles. The third kappa shape index (κ3) is 1.45. The first-order chi connectivity index (χ1) is 9.24. The number of hydrogen-bond donors (Lipinski definition) is 1. The smallest absolute Gasteiger partial charge is 0.134 e. The van der Waals surface area contributed by atoms with E-state index in [0.717, 1.165) is 38.4 Å². The molecule has 0 atom stereocenters. The minimum absolute atomic E-state index is 0.857. The molecule has 0 unspecified atom stereocenters. The minimum Gasteiger partial charge on any atom is -0.464 e. The van der Waals surface area contributed by atoms with Crippen LogP contribution in [0.3, 0.4) is 0 Å². The quantitative estimate of drug-likeness (QED) is 0.567. The van der Waals surface area contributed by atoms with Crippen molar-refractivity contribution >= 4 is 31.8 Å². The molecule has 4 heterocycles. The molecule has 0 aliphatic carbocycles. The van der Waals surface area contributed by atoms with Crippen LogP contribution in [-0.2, 0) is 0 Å². The van der Waals surface area contributed by atoms with Gasteiger partial charge in [0.2, 0.25) is 0 Å². The SMILES string of the molecule is Cc1cc(-c2ccco2)c2c(n1)sc1c(C)[nH]nc12. The van der Waals surface area contributed by atoms with Crippen molar-refractivity contribution in [3.63, 3.8) is 0 Å². The van der Waals surface area contributed by atoms with Crippen LogP contribution in [0.4, 0.5) is 0 Å². The lowest BCUT2D eigenvalue weighted by molar-refractivity contribution is 0.583. The number of thiophene rings is 1. The molecule has 0 amide bonds. The van der Waals surface area contributed by atoms with Crippen LogP contribution >= 0.6 is 11.3 Å². The number of nitrogens with zero attached hydrogens (tertiary/aromatic N) is 2. The number of pyridine rings is 1. The number of hydrogen-bond acceptors (Lipinski definition) is 4. The lowest BCUT2D eigenvalue weighted by Crippen LogP contribution is -1.85. The number of nitrogens with one attached hydrogen (secondary N) is 1. The first kappa shape index (κ1) is 10.8. The molecule has 0 saturated heterocycles. The first-order valence-corrected chi connectivity index (χ1v) is 6.84. The molecule has 5 heteroatoms. The number of fused-ring (bicyclic) bond motifs is 3. The minimum atomic E-state index is 0.857. The summed E-state index contributed by atoms with van der Waals surface area (Å²) in [6.45, 7) is 4.03. The van der Waals surface area contributed by atoms with E-state index < -0.39 is 0 Å². The number of furan rings is 1. The van der Waals surface area contributed by atoms with Crippen molar-refractivity contribution in [1.82, 2.24) is 15.2 Å². The lowest BCUT2D eigenvalue weighted by atomic mass is 10.1. The average Bonchev–Trinajstić information content (AvgIpc) is 3.06. The van der Waals surface area contributed by atoms with Gasteiger partial charge in [-0.25, -0.2) is 4.98 Å². The topological polar surface area (TPSA) is 54.7 Å². The van der Waals surface area contributed by atoms with Gasteiger partial charge in [-0.05, 0) is 32.0 Å². The van der Waals surface area contributed by atoms with Gasteiger partial charge < -0.3 is 4.42 Å². The Bertz CT molecular complexity index is 886. The van der Waals surface area contributed by atoms with Crippen LogP contribution in [-0.4, -0.2) is 15.2 Å². The Kier molecular flexibility index (Phi) is 2.08. The second-order valence-corrected chi connectivity index (χ2v) is 5.60. The summed E-state index contributed by atoms with van der Waals surface area (Å²) in [5, 5.41) is 8.52. The van der Waals surface area contributed by atoms with Crippen LogP contribution in [0.2, 0.25) is 0 Å². The second-order valence-electron chi connectivity index (χ2n) is 4.60. The first-order valence-electron chi connectivity index (χ1n) is 6.03. The Morgan fingerprint density at radius 3 is 3.00 bits per heavy atom. The maximum absolute atomic E-state index is 5.55. The summed E-state index contributed by atoms with van der Waals surface area (Å²) in [6, 6.07) is 5.92. The summed E-state index contributed by atoms with van der Waals surface area (Å²) in [6.07, 6.45) is 1.69. The highest BCUT2D eigenvalue weighted by molar-refractivity contribution is 7.25. The zero-order valence-corrected chi connectivity index (χ0v) is 11.3. The van der Waals surface area contributed by atoms with Gasteiger partial charge in [0, 0.05) is 11.3 Å².